The van der Waals surface area contributed by atoms with Gasteiger partial charge in [0.15, 0.2) is 11.5 Å². The van der Waals surface area contributed by atoms with E-state index in [1.54, 1.807) is 30.2 Å². The summed E-state index contributed by atoms with van der Waals surface area (Å²) in [6.07, 6.45) is 3.32. The van der Waals surface area contributed by atoms with Gasteiger partial charge >= 0.3 is 0 Å². The third-order valence-electron chi connectivity index (χ3n) is 6.70. The number of carbonyl (C=O) groups excluding carboxylic acids is 2. The molecule has 0 saturated carbocycles. The Kier molecular flexibility index (Phi) is 5.36. The molecule has 2 saturated heterocycles. The van der Waals surface area contributed by atoms with Crippen molar-refractivity contribution in [3.8, 4) is 23.0 Å². The molecule has 178 valence electrons. The summed E-state index contributed by atoms with van der Waals surface area (Å²) in [7, 11) is 6.10. The smallest absolute Gasteiger partial charge is 0.234 e. The minimum atomic E-state index is -0.831. The lowest BCUT2D eigenvalue weighted by Gasteiger charge is -2.24. The van der Waals surface area contributed by atoms with Crippen molar-refractivity contribution < 1.29 is 33.3 Å². The number of hydrogen-bond acceptors (Lipinski definition) is 7. The second-order valence-corrected chi connectivity index (χ2v) is 8.43. The predicted octanol–water partition coefficient (Wildman–Crippen LogP) is 2.65. The molecule has 2 unspecified atom stereocenters. The second kappa shape index (κ2) is 8.25. The van der Waals surface area contributed by atoms with E-state index in [-0.39, 0.29) is 11.8 Å². The van der Waals surface area contributed by atoms with E-state index in [1.807, 2.05) is 30.4 Å². The van der Waals surface area contributed by atoms with Crippen LogP contribution in [0.4, 0.5) is 11.4 Å². The molecule has 2 bridgehead atoms. The summed E-state index contributed by atoms with van der Waals surface area (Å²) >= 11 is 0. The van der Waals surface area contributed by atoms with Crippen LogP contribution < -0.4 is 29.2 Å². The van der Waals surface area contributed by atoms with Crippen LogP contribution in [0.2, 0.25) is 0 Å². The maximum Gasteiger partial charge on any atom is 0.234 e. The van der Waals surface area contributed by atoms with E-state index in [0.717, 1.165) is 0 Å². The highest BCUT2D eigenvalue weighted by Gasteiger charge is 2.67. The van der Waals surface area contributed by atoms with Crippen LogP contribution in [0.3, 0.4) is 0 Å². The second-order valence-electron chi connectivity index (χ2n) is 8.43. The Morgan fingerprint density at radius 3 is 2.44 bits per heavy atom. The van der Waals surface area contributed by atoms with Crippen molar-refractivity contribution in [2.75, 3.05) is 45.2 Å². The van der Waals surface area contributed by atoms with Crippen molar-refractivity contribution in [1.82, 2.24) is 0 Å². The van der Waals surface area contributed by atoms with Crippen molar-refractivity contribution in [2.24, 2.45) is 11.8 Å². The Hall–Kier alpha value is -3.72. The number of methoxy groups -OCH3 is 4. The molecule has 0 radical (unpaired) electrons. The first kappa shape index (κ1) is 22.1. The Bertz CT molecular complexity index is 1150. The highest BCUT2D eigenvalue weighted by molar-refractivity contribution is 6.05. The van der Waals surface area contributed by atoms with Crippen LogP contribution in [0, 0.1) is 11.8 Å². The van der Waals surface area contributed by atoms with Crippen LogP contribution in [0.1, 0.15) is 0 Å². The SMILES string of the molecule is COc1cccc(N2C[C@]34C=C[C@@H](O3)C(C(=O)Nc3cc(OC)c(OC)c(OC)c3)C4C2=O)c1. The average molecular weight is 466 g/mol. The molecular weight excluding hydrogens is 440 g/mol. The lowest BCUT2D eigenvalue weighted by molar-refractivity contribution is -0.128. The van der Waals surface area contributed by atoms with Crippen molar-refractivity contribution >= 4 is 23.2 Å². The number of carbonyl (C=O) groups is 2. The van der Waals surface area contributed by atoms with Crippen molar-refractivity contribution in [2.45, 2.75) is 11.7 Å². The van der Waals surface area contributed by atoms with Crippen LogP contribution in [-0.2, 0) is 14.3 Å². The summed E-state index contributed by atoms with van der Waals surface area (Å²) in [6.45, 7) is 0.338. The van der Waals surface area contributed by atoms with Gasteiger partial charge in [-0.3, -0.25) is 9.59 Å². The first-order valence-electron chi connectivity index (χ1n) is 10.9. The number of fused-ring (bicyclic) bond motifs is 1. The van der Waals surface area contributed by atoms with Crippen LogP contribution in [-0.4, -0.2) is 58.5 Å². The molecular formula is C25H26N2O7. The fourth-order valence-corrected chi connectivity index (χ4v) is 5.17. The van der Waals surface area contributed by atoms with E-state index in [9.17, 15) is 9.59 Å². The lowest BCUT2D eigenvalue weighted by atomic mass is 9.77. The summed E-state index contributed by atoms with van der Waals surface area (Å²) in [5.74, 6) is 0.146. The quantitative estimate of drug-likeness (QED) is 0.627. The zero-order valence-corrected chi connectivity index (χ0v) is 19.4. The first-order valence-corrected chi connectivity index (χ1v) is 10.9. The van der Waals surface area contributed by atoms with E-state index >= 15 is 0 Å². The minimum Gasteiger partial charge on any atom is -0.497 e. The van der Waals surface area contributed by atoms with Gasteiger partial charge in [-0.25, -0.2) is 0 Å². The van der Waals surface area contributed by atoms with E-state index in [4.69, 9.17) is 23.7 Å². The molecule has 1 N–H and O–H groups in total. The van der Waals surface area contributed by atoms with Crippen molar-refractivity contribution in [3.63, 3.8) is 0 Å². The monoisotopic (exact) mass is 466 g/mol. The van der Waals surface area contributed by atoms with E-state index < -0.39 is 23.5 Å². The molecule has 2 aromatic carbocycles. The fourth-order valence-electron chi connectivity index (χ4n) is 5.17. The molecule has 0 aromatic heterocycles. The highest BCUT2D eigenvalue weighted by Crippen LogP contribution is 2.53. The first-order chi connectivity index (χ1) is 16.4. The van der Waals surface area contributed by atoms with Gasteiger partial charge in [0.25, 0.3) is 0 Å². The summed E-state index contributed by atoms with van der Waals surface area (Å²) in [6, 6.07) is 10.6. The van der Waals surface area contributed by atoms with Crippen LogP contribution in [0.5, 0.6) is 23.0 Å². The molecule has 5 rings (SSSR count). The van der Waals surface area contributed by atoms with Crippen LogP contribution in [0.25, 0.3) is 0 Å². The Morgan fingerprint density at radius 2 is 1.79 bits per heavy atom. The number of ether oxygens (including phenoxy) is 5. The molecule has 2 amide bonds. The average Bonchev–Trinajstić information content (AvgIpc) is 3.51. The molecule has 0 aliphatic carbocycles. The summed E-state index contributed by atoms with van der Waals surface area (Å²) < 4.78 is 27.6. The number of nitrogens with zero attached hydrogens (tertiary/aromatic N) is 1. The third kappa shape index (κ3) is 3.27. The van der Waals surface area contributed by atoms with Crippen LogP contribution in [0.15, 0.2) is 48.6 Å². The number of hydrogen-bond donors (Lipinski definition) is 1. The van der Waals surface area contributed by atoms with Crippen molar-refractivity contribution in [1.29, 1.82) is 0 Å². The van der Waals surface area contributed by atoms with Gasteiger partial charge in [0, 0.05) is 29.6 Å². The summed E-state index contributed by atoms with van der Waals surface area (Å²) in [5.41, 5.74) is 0.343. The molecule has 3 aliphatic heterocycles. The highest BCUT2D eigenvalue weighted by atomic mass is 16.5. The molecule has 1 spiro atoms. The summed E-state index contributed by atoms with van der Waals surface area (Å²) in [4.78, 5) is 28.7. The molecule has 4 atom stereocenters. The normalized spacial score (nSPS) is 26.4. The van der Waals surface area contributed by atoms with E-state index in [2.05, 4.69) is 5.32 Å². The maximum absolute atomic E-state index is 13.6. The number of nitrogens with one attached hydrogen (secondary N) is 1. The number of rotatable bonds is 7. The van der Waals surface area contributed by atoms with E-state index in [0.29, 0.717) is 40.9 Å². The molecule has 9 nitrogen and oxygen atoms in total. The standard InChI is InChI=1S/C25H26N2O7/c1-30-16-7-5-6-15(12-16)27-13-25-9-8-17(34-25)20(21(25)24(27)29)23(28)26-14-10-18(31-2)22(33-4)19(11-14)32-3/h5-12,17,20-21H,13H2,1-4H3,(H,26,28)/t17-,20?,21?,25+/m1/s1. The minimum absolute atomic E-state index is 0.148. The molecule has 9 heteroatoms. The fraction of sp³-hybridized carbons (Fsp3) is 0.360. The Balaban J connectivity index is 1.43. The van der Waals surface area contributed by atoms with Crippen LogP contribution >= 0.6 is 0 Å². The maximum atomic E-state index is 13.6. The Labute approximate surface area is 197 Å². The van der Waals surface area contributed by atoms with Gasteiger partial charge in [0.1, 0.15) is 11.4 Å². The topological polar surface area (TPSA) is 95.6 Å². The molecule has 2 fully saturated rings. The lowest BCUT2D eigenvalue weighted by Crippen LogP contribution is -2.41. The zero-order valence-electron chi connectivity index (χ0n) is 19.4. The van der Waals surface area contributed by atoms with Gasteiger partial charge in [-0.1, -0.05) is 18.2 Å². The van der Waals surface area contributed by atoms with Gasteiger partial charge in [0.05, 0.1) is 52.9 Å². The largest absolute Gasteiger partial charge is 0.497 e. The predicted molar refractivity (Wildman–Crippen MR) is 124 cm³/mol. The van der Waals surface area contributed by atoms with Gasteiger partial charge in [-0.05, 0) is 12.1 Å². The van der Waals surface area contributed by atoms with Gasteiger partial charge in [-0.2, -0.15) is 0 Å². The number of anilines is 2. The molecule has 2 aromatic rings. The number of amides is 2. The molecule has 34 heavy (non-hydrogen) atoms. The zero-order chi connectivity index (χ0) is 24.0. The Morgan fingerprint density at radius 1 is 1.06 bits per heavy atom. The van der Waals surface area contributed by atoms with Crippen molar-refractivity contribution in [3.05, 3.63) is 48.6 Å². The molecule has 3 aliphatic rings. The van der Waals surface area contributed by atoms with E-state index in [1.165, 1.54) is 21.3 Å². The number of benzene rings is 2. The molecule has 3 heterocycles. The van der Waals surface area contributed by atoms with Gasteiger partial charge < -0.3 is 33.9 Å². The van der Waals surface area contributed by atoms with Gasteiger partial charge in [-0.15, -0.1) is 0 Å². The van der Waals surface area contributed by atoms with Gasteiger partial charge in [0.2, 0.25) is 17.6 Å². The summed E-state index contributed by atoms with van der Waals surface area (Å²) in [5, 5.41) is 2.91. The third-order valence-corrected chi connectivity index (χ3v) is 6.70.